The first-order valence-electron chi connectivity index (χ1n) is 7.47. The SMILES string of the molecule is Cc1cccc(NC(=O)NCC(=O)N2CCCCC2)c1C. The molecule has 2 N–H and O–H groups in total. The van der Waals surface area contributed by atoms with E-state index < -0.39 is 0 Å². The third-order valence-electron chi connectivity index (χ3n) is 3.96. The number of carbonyl (C=O) groups excluding carboxylic acids is 2. The van der Waals surface area contributed by atoms with Gasteiger partial charge in [-0.3, -0.25) is 4.79 Å². The quantitative estimate of drug-likeness (QED) is 0.898. The third kappa shape index (κ3) is 4.21. The summed E-state index contributed by atoms with van der Waals surface area (Å²) in [6.45, 7) is 5.62. The molecule has 0 atom stereocenters. The van der Waals surface area contributed by atoms with E-state index in [0.29, 0.717) is 0 Å². The molecule has 1 aliphatic rings. The lowest BCUT2D eigenvalue weighted by atomic mass is 10.1. The van der Waals surface area contributed by atoms with E-state index in [9.17, 15) is 9.59 Å². The maximum Gasteiger partial charge on any atom is 0.319 e. The number of amides is 3. The zero-order valence-electron chi connectivity index (χ0n) is 12.7. The molecule has 1 fully saturated rings. The molecule has 0 aromatic heterocycles. The highest BCUT2D eigenvalue weighted by Crippen LogP contribution is 2.17. The molecule has 114 valence electrons. The summed E-state index contributed by atoms with van der Waals surface area (Å²) in [6.07, 6.45) is 3.30. The summed E-state index contributed by atoms with van der Waals surface area (Å²) < 4.78 is 0. The summed E-state index contributed by atoms with van der Waals surface area (Å²) in [4.78, 5) is 25.7. The van der Waals surface area contributed by atoms with Crippen LogP contribution >= 0.6 is 0 Å². The van der Waals surface area contributed by atoms with Gasteiger partial charge in [0.05, 0.1) is 6.54 Å². The second-order valence-corrected chi connectivity index (χ2v) is 5.50. The molecule has 0 unspecified atom stereocenters. The molecule has 5 nitrogen and oxygen atoms in total. The van der Waals surface area contributed by atoms with Gasteiger partial charge in [0.2, 0.25) is 5.91 Å². The Morgan fingerprint density at radius 3 is 2.57 bits per heavy atom. The number of rotatable bonds is 3. The van der Waals surface area contributed by atoms with Crippen molar-refractivity contribution < 1.29 is 9.59 Å². The number of piperidine rings is 1. The topological polar surface area (TPSA) is 61.4 Å². The van der Waals surface area contributed by atoms with Gasteiger partial charge < -0.3 is 15.5 Å². The van der Waals surface area contributed by atoms with Gasteiger partial charge in [0.1, 0.15) is 0 Å². The predicted molar refractivity (Wildman–Crippen MR) is 83.4 cm³/mol. The number of carbonyl (C=O) groups is 2. The van der Waals surface area contributed by atoms with Crippen LogP contribution in [0.4, 0.5) is 10.5 Å². The Morgan fingerprint density at radius 2 is 1.86 bits per heavy atom. The van der Waals surface area contributed by atoms with Gasteiger partial charge >= 0.3 is 6.03 Å². The molecule has 5 heteroatoms. The third-order valence-corrected chi connectivity index (χ3v) is 3.96. The predicted octanol–water partition coefficient (Wildman–Crippen LogP) is 2.44. The highest BCUT2D eigenvalue weighted by molar-refractivity contribution is 5.93. The van der Waals surface area contributed by atoms with E-state index in [4.69, 9.17) is 0 Å². The van der Waals surface area contributed by atoms with E-state index in [-0.39, 0.29) is 18.5 Å². The molecule has 0 radical (unpaired) electrons. The number of urea groups is 1. The van der Waals surface area contributed by atoms with Crippen molar-refractivity contribution in [3.8, 4) is 0 Å². The van der Waals surface area contributed by atoms with Crippen LogP contribution < -0.4 is 10.6 Å². The van der Waals surface area contributed by atoms with E-state index >= 15 is 0 Å². The van der Waals surface area contributed by atoms with E-state index in [1.165, 1.54) is 6.42 Å². The van der Waals surface area contributed by atoms with Crippen molar-refractivity contribution in [2.45, 2.75) is 33.1 Å². The van der Waals surface area contributed by atoms with Crippen molar-refractivity contribution in [1.29, 1.82) is 0 Å². The number of nitrogens with zero attached hydrogens (tertiary/aromatic N) is 1. The van der Waals surface area contributed by atoms with E-state index in [1.807, 2.05) is 36.9 Å². The van der Waals surface area contributed by atoms with Gasteiger partial charge in [0, 0.05) is 18.8 Å². The number of anilines is 1. The maximum atomic E-state index is 12.0. The molecule has 1 aromatic carbocycles. The first-order valence-corrected chi connectivity index (χ1v) is 7.47. The van der Waals surface area contributed by atoms with Crippen LogP contribution in [0.2, 0.25) is 0 Å². The van der Waals surface area contributed by atoms with Crippen LogP contribution in [0.25, 0.3) is 0 Å². The molecular weight excluding hydrogens is 266 g/mol. The Bertz CT molecular complexity index is 522. The molecule has 1 aromatic rings. The van der Waals surface area contributed by atoms with Crippen LogP contribution in [0.3, 0.4) is 0 Å². The smallest absolute Gasteiger partial charge is 0.319 e. The van der Waals surface area contributed by atoms with Crippen LogP contribution in [-0.2, 0) is 4.79 Å². The lowest BCUT2D eigenvalue weighted by Gasteiger charge is -2.26. The summed E-state index contributed by atoms with van der Waals surface area (Å²) in [6, 6.07) is 5.41. The van der Waals surface area contributed by atoms with Gasteiger partial charge in [-0.25, -0.2) is 4.79 Å². The number of hydrogen-bond acceptors (Lipinski definition) is 2. The molecule has 21 heavy (non-hydrogen) atoms. The van der Waals surface area contributed by atoms with Crippen molar-refractivity contribution >= 4 is 17.6 Å². The average molecular weight is 289 g/mol. The summed E-state index contributed by atoms with van der Waals surface area (Å²) in [5.41, 5.74) is 2.94. The van der Waals surface area contributed by atoms with Crippen molar-refractivity contribution in [3.63, 3.8) is 0 Å². The summed E-state index contributed by atoms with van der Waals surface area (Å²) in [7, 11) is 0. The van der Waals surface area contributed by atoms with Crippen LogP contribution in [0.1, 0.15) is 30.4 Å². The zero-order chi connectivity index (χ0) is 15.2. The summed E-state index contributed by atoms with van der Waals surface area (Å²) in [5.74, 6) is -0.00851. The van der Waals surface area contributed by atoms with Crippen LogP contribution in [0.5, 0.6) is 0 Å². The standard InChI is InChI=1S/C16H23N3O2/c1-12-7-6-8-14(13(12)2)18-16(21)17-11-15(20)19-9-4-3-5-10-19/h6-8H,3-5,9-11H2,1-2H3,(H2,17,18,21). The number of aryl methyl sites for hydroxylation is 1. The van der Waals surface area contributed by atoms with E-state index in [2.05, 4.69) is 10.6 Å². The van der Waals surface area contributed by atoms with Gasteiger partial charge in [-0.2, -0.15) is 0 Å². The minimum Gasteiger partial charge on any atom is -0.341 e. The van der Waals surface area contributed by atoms with E-state index in [1.54, 1.807) is 0 Å². The van der Waals surface area contributed by atoms with Crippen molar-refractivity contribution in [3.05, 3.63) is 29.3 Å². The van der Waals surface area contributed by atoms with Gasteiger partial charge in [-0.15, -0.1) is 0 Å². The Labute approximate surface area is 125 Å². The Morgan fingerprint density at radius 1 is 1.14 bits per heavy atom. The molecule has 0 spiro atoms. The minimum absolute atomic E-state index is 0.00851. The Balaban J connectivity index is 1.81. The highest BCUT2D eigenvalue weighted by Gasteiger charge is 2.16. The van der Waals surface area contributed by atoms with Crippen LogP contribution in [-0.4, -0.2) is 36.5 Å². The fourth-order valence-corrected chi connectivity index (χ4v) is 2.46. The van der Waals surface area contributed by atoms with Crippen molar-refractivity contribution in [2.75, 3.05) is 25.0 Å². The van der Waals surface area contributed by atoms with Gasteiger partial charge in [0.15, 0.2) is 0 Å². The second kappa shape index (κ2) is 7.11. The monoisotopic (exact) mass is 289 g/mol. The fourth-order valence-electron chi connectivity index (χ4n) is 2.46. The first-order chi connectivity index (χ1) is 10.1. The van der Waals surface area contributed by atoms with Gasteiger partial charge in [-0.05, 0) is 50.3 Å². The number of benzene rings is 1. The molecule has 2 rings (SSSR count). The lowest BCUT2D eigenvalue weighted by molar-refractivity contribution is -0.130. The fraction of sp³-hybridized carbons (Fsp3) is 0.500. The maximum absolute atomic E-state index is 12.0. The molecule has 1 saturated heterocycles. The number of likely N-dealkylation sites (tertiary alicyclic amines) is 1. The molecule has 3 amide bonds. The average Bonchev–Trinajstić information content (AvgIpc) is 2.50. The molecule has 1 aliphatic heterocycles. The van der Waals surface area contributed by atoms with Crippen LogP contribution in [0, 0.1) is 13.8 Å². The minimum atomic E-state index is -0.339. The molecule has 0 bridgehead atoms. The summed E-state index contributed by atoms with van der Waals surface area (Å²) >= 11 is 0. The van der Waals surface area contributed by atoms with Gasteiger partial charge in [0.25, 0.3) is 0 Å². The first kappa shape index (κ1) is 15.4. The Kier molecular flexibility index (Phi) is 5.20. The second-order valence-electron chi connectivity index (χ2n) is 5.50. The molecule has 0 aliphatic carbocycles. The Hall–Kier alpha value is -2.04. The zero-order valence-corrected chi connectivity index (χ0v) is 12.7. The highest BCUT2D eigenvalue weighted by atomic mass is 16.2. The molecule has 0 saturated carbocycles. The van der Waals surface area contributed by atoms with Gasteiger partial charge in [-0.1, -0.05) is 12.1 Å². The lowest BCUT2D eigenvalue weighted by Crippen LogP contribution is -2.43. The number of nitrogens with one attached hydrogen (secondary N) is 2. The molecular formula is C16H23N3O2. The normalized spacial score (nSPS) is 14.7. The molecule has 1 heterocycles. The van der Waals surface area contributed by atoms with Crippen molar-refractivity contribution in [2.24, 2.45) is 0 Å². The summed E-state index contributed by atoms with van der Waals surface area (Å²) in [5, 5.41) is 5.42. The number of hydrogen-bond donors (Lipinski definition) is 2. The van der Waals surface area contributed by atoms with E-state index in [0.717, 1.165) is 42.7 Å². The largest absolute Gasteiger partial charge is 0.341 e. The van der Waals surface area contributed by atoms with Crippen molar-refractivity contribution in [1.82, 2.24) is 10.2 Å². The van der Waals surface area contributed by atoms with Crippen LogP contribution in [0.15, 0.2) is 18.2 Å².